The fourth-order valence-corrected chi connectivity index (χ4v) is 3.67. The van der Waals surface area contributed by atoms with Gasteiger partial charge < -0.3 is 9.47 Å². The lowest BCUT2D eigenvalue weighted by Crippen LogP contribution is -2.40. The molecule has 2 aliphatic rings. The molecule has 2 heterocycles. The Balaban J connectivity index is 1.74. The molecule has 0 aromatic rings. The normalized spacial score (nSPS) is 29.4. The summed E-state index contributed by atoms with van der Waals surface area (Å²) < 4.78 is 10.2. The molecule has 13 heavy (non-hydrogen) atoms. The molecule has 1 atom stereocenters. The van der Waals surface area contributed by atoms with Crippen LogP contribution in [0.4, 0.5) is 0 Å². The Kier molecular flexibility index (Phi) is 3.40. The Bertz CT molecular complexity index is 188. The van der Waals surface area contributed by atoms with Gasteiger partial charge in [-0.15, -0.1) is 11.8 Å². The number of thioether (sulfide) groups is 2. The zero-order valence-corrected chi connectivity index (χ0v) is 8.86. The minimum Gasteiger partial charge on any atom is -0.457 e. The molecule has 2 rings (SSSR count). The van der Waals surface area contributed by atoms with E-state index >= 15 is 0 Å². The van der Waals surface area contributed by atoms with Gasteiger partial charge in [-0.3, -0.25) is 4.79 Å². The average Bonchev–Trinajstić information content (AvgIpc) is 2.12. The van der Waals surface area contributed by atoms with Crippen molar-refractivity contribution in [1.82, 2.24) is 0 Å². The molecular formula is C8H12O3S2. The van der Waals surface area contributed by atoms with Crippen LogP contribution >= 0.6 is 23.5 Å². The van der Waals surface area contributed by atoms with E-state index in [1.807, 2.05) is 11.8 Å². The summed E-state index contributed by atoms with van der Waals surface area (Å²) in [5.41, 5.74) is 0. The number of ether oxygens (including phenoxy) is 2. The molecule has 2 aliphatic heterocycles. The third kappa shape index (κ3) is 2.54. The molecule has 0 N–H and O–H groups in total. The van der Waals surface area contributed by atoms with Crippen LogP contribution < -0.4 is 0 Å². The van der Waals surface area contributed by atoms with Gasteiger partial charge in [0.2, 0.25) is 0 Å². The van der Waals surface area contributed by atoms with Crippen LogP contribution in [0.3, 0.4) is 0 Å². The van der Waals surface area contributed by atoms with Crippen molar-refractivity contribution in [2.45, 2.75) is 11.4 Å². The molecule has 74 valence electrons. The number of rotatable bonds is 2. The van der Waals surface area contributed by atoms with Gasteiger partial charge in [0.25, 0.3) is 0 Å². The lowest BCUT2D eigenvalue weighted by molar-refractivity contribution is -0.171. The minimum atomic E-state index is -0.0505. The molecule has 5 heteroatoms. The van der Waals surface area contributed by atoms with Crippen molar-refractivity contribution in [1.29, 1.82) is 0 Å². The van der Waals surface area contributed by atoms with Crippen LogP contribution in [0.15, 0.2) is 0 Å². The Labute approximate surface area is 85.9 Å². The van der Waals surface area contributed by atoms with Gasteiger partial charge in [-0.25, -0.2) is 0 Å². The lowest BCUT2D eigenvalue weighted by atomic mass is 10.3. The van der Waals surface area contributed by atoms with E-state index in [1.165, 1.54) is 0 Å². The second kappa shape index (κ2) is 4.57. The largest absolute Gasteiger partial charge is 0.457 e. The number of carbonyl (C=O) groups is 1. The van der Waals surface area contributed by atoms with Gasteiger partial charge in [0.05, 0.1) is 13.2 Å². The van der Waals surface area contributed by atoms with E-state index in [9.17, 15) is 4.79 Å². The molecule has 0 amide bonds. The fraction of sp³-hybridized carbons (Fsp3) is 0.875. The van der Waals surface area contributed by atoms with Gasteiger partial charge in [-0.2, -0.15) is 11.8 Å². The maximum atomic E-state index is 11.5. The predicted molar refractivity (Wildman–Crippen MR) is 54.3 cm³/mol. The maximum Gasteiger partial charge on any atom is 0.320 e. The van der Waals surface area contributed by atoms with Crippen molar-refractivity contribution in [2.75, 3.05) is 30.5 Å². The molecule has 3 nitrogen and oxygen atoms in total. The van der Waals surface area contributed by atoms with Gasteiger partial charge in [0.15, 0.2) is 0 Å². The summed E-state index contributed by atoms with van der Waals surface area (Å²) in [5, 5.41) is 0.0550. The van der Waals surface area contributed by atoms with Gasteiger partial charge >= 0.3 is 5.97 Å². The van der Waals surface area contributed by atoms with Gasteiger partial charge in [0, 0.05) is 17.3 Å². The molecule has 0 saturated carbocycles. The molecule has 0 radical (unpaired) electrons. The first kappa shape index (κ1) is 9.68. The summed E-state index contributed by atoms with van der Waals surface area (Å²) in [4.78, 5) is 11.5. The Morgan fingerprint density at radius 2 is 2.23 bits per heavy atom. The highest BCUT2D eigenvalue weighted by Gasteiger charge is 2.29. The molecular weight excluding hydrogens is 208 g/mol. The Hall–Kier alpha value is 0.130. The first-order valence-corrected chi connectivity index (χ1v) is 6.54. The SMILES string of the molecule is O=C(OC1COC1)C1CSCCS1. The maximum absolute atomic E-state index is 11.5. The first-order chi connectivity index (χ1) is 6.36. The monoisotopic (exact) mass is 220 g/mol. The zero-order valence-electron chi connectivity index (χ0n) is 7.23. The highest BCUT2D eigenvalue weighted by molar-refractivity contribution is 8.07. The molecule has 1 unspecified atom stereocenters. The highest BCUT2D eigenvalue weighted by Crippen LogP contribution is 2.25. The molecule has 0 bridgehead atoms. The van der Waals surface area contributed by atoms with Gasteiger partial charge in [-0.1, -0.05) is 0 Å². The molecule has 0 aliphatic carbocycles. The summed E-state index contributed by atoms with van der Waals surface area (Å²) in [7, 11) is 0. The molecule has 2 saturated heterocycles. The highest BCUT2D eigenvalue weighted by atomic mass is 32.2. The van der Waals surface area contributed by atoms with E-state index < -0.39 is 0 Å². The van der Waals surface area contributed by atoms with Crippen LogP contribution in [0.25, 0.3) is 0 Å². The van der Waals surface area contributed by atoms with E-state index in [2.05, 4.69) is 0 Å². The summed E-state index contributed by atoms with van der Waals surface area (Å²) in [6.45, 7) is 1.16. The third-order valence-corrected chi connectivity index (χ3v) is 4.70. The van der Waals surface area contributed by atoms with Crippen LogP contribution in [0, 0.1) is 0 Å². The summed E-state index contributed by atoms with van der Waals surface area (Å²) in [5.74, 6) is 3.06. The zero-order chi connectivity index (χ0) is 9.10. The van der Waals surface area contributed by atoms with Gasteiger partial charge in [0.1, 0.15) is 11.4 Å². The second-order valence-electron chi connectivity index (χ2n) is 3.03. The van der Waals surface area contributed by atoms with E-state index in [4.69, 9.17) is 9.47 Å². The number of carbonyl (C=O) groups excluding carboxylic acids is 1. The Morgan fingerprint density at radius 3 is 2.77 bits per heavy atom. The lowest BCUT2D eigenvalue weighted by Gasteiger charge is -2.28. The van der Waals surface area contributed by atoms with Crippen LogP contribution in [0.5, 0.6) is 0 Å². The van der Waals surface area contributed by atoms with Gasteiger partial charge in [-0.05, 0) is 0 Å². The first-order valence-electron chi connectivity index (χ1n) is 4.34. The standard InChI is InChI=1S/C8H12O3S2/c9-8(11-6-3-10-4-6)7-5-12-1-2-13-7/h6-7H,1-5H2. The van der Waals surface area contributed by atoms with Crippen molar-refractivity contribution in [3.05, 3.63) is 0 Å². The third-order valence-electron chi connectivity index (χ3n) is 1.97. The fourth-order valence-electron chi connectivity index (χ4n) is 1.15. The quantitative estimate of drug-likeness (QED) is 0.643. The van der Waals surface area contributed by atoms with Crippen molar-refractivity contribution >= 4 is 29.5 Å². The topological polar surface area (TPSA) is 35.5 Å². The van der Waals surface area contributed by atoms with Crippen molar-refractivity contribution < 1.29 is 14.3 Å². The van der Waals surface area contributed by atoms with Crippen molar-refractivity contribution in [2.24, 2.45) is 0 Å². The van der Waals surface area contributed by atoms with Crippen molar-refractivity contribution in [3.8, 4) is 0 Å². The number of hydrogen-bond acceptors (Lipinski definition) is 5. The number of hydrogen-bond donors (Lipinski definition) is 0. The molecule has 0 spiro atoms. The smallest absolute Gasteiger partial charge is 0.320 e. The average molecular weight is 220 g/mol. The summed E-state index contributed by atoms with van der Waals surface area (Å²) in [6, 6.07) is 0. The molecule has 2 fully saturated rings. The number of esters is 1. The summed E-state index contributed by atoms with van der Waals surface area (Å²) in [6.07, 6.45) is 0.0278. The van der Waals surface area contributed by atoms with Crippen LogP contribution in [0.1, 0.15) is 0 Å². The Morgan fingerprint density at radius 1 is 1.38 bits per heavy atom. The van der Waals surface area contributed by atoms with E-state index in [0.717, 1.165) is 17.3 Å². The molecule has 0 aromatic carbocycles. The van der Waals surface area contributed by atoms with Crippen LogP contribution in [-0.4, -0.2) is 47.8 Å². The second-order valence-corrected chi connectivity index (χ2v) is 5.49. The van der Waals surface area contributed by atoms with Crippen LogP contribution in [-0.2, 0) is 14.3 Å². The predicted octanol–water partition coefficient (Wildman–Crippen LogP) is 0.777. The van der Waals surface area contributed by atoms with E-state index in [0.29, 0.717) is 13.2 Å². The molecule has 0 aromatic heterocycles. The van der Waals surface area contributed by atoms with Crippen molar-refractivity contribution in [3.63, 3.8) is 0 Å². The summed E-state index contributed by atoms with van der Waals surface area (Å²) >= 11 is 3.54. The van der Waals surface area contributed by atoms with E-state index in [1.54, 1.807) is 11.8 Å². The van der Waals surface area contributed by atoms with E-state index in [-0.39, 0.29) is 17.3 Å². The van der Waals surface area contributed by atoms with Crippen LogP contribution in [0.2, 0.25) is 0 Å². The minimum absolute atomic E-state index is 0.0278.